The summed E-state index contributed by atoms with van der Waals surface area (Å²) in [6, 6.07) is 0. The van der Waals surface area contributed by atoms with Gasteiger partial charge in [0, 0.05) is 18.5 Å². The summed E-state index contributed by atoms with van der Waals surface area (Å²) in [5.41, 5.74) is 0.480. The third kappa shape index (κ3) is 3.05. The zero-order valence-electron chi connectivity index (χ0n) is 15.4. The van der Waals surface area contributed by atoms with Crippen LogP contribution >= 0.6 is 0 Å². The van der Waals surface area contributed by atoms with E-state index in [9.17, 15) is 4.79 Å². The van der Waals surface area contributed by atoms with Crippen LogP contribution in [0.5, 0.6) is 0 Å². The lowest BCUT2D eigenvalue weighted by Crippen LogP contribution is -2.40. The molecule has 3 atom stereocenters. The Morgan fingerprint density at radius 3 is 2.57 bits per heavy atom. The molecule has 4 nitrogen and oxygen atoms in total. The molecule has 3 unspecified atom stereocenters. The van der Waals surface area contributed by atoms with E-state index < -0.39 is 0 Å². The molecule has 0 radical (unpaired) electrons. The van der Waals surface area contributed by atoms with Gasteiger partial charge in [-0.1, -0.05) is 34.1 Å². The van der Waals surface area contributed by atoms with Crippen molar-refractivity contribution in [2.24, 2.45) is 16.7 Å². The second kappa shape index (κ2) is 6.36. The first-order valence-electron chi connectivity index (χ1n) is 9.51. The Labute approximate surface area is 141 Å². The second-order valence-corrected chi connectivity index (χ2v) is 8.75. The summed E-state index contributed by atoms with van der Waals surface area (Å²) in [6.07, 6.45) is 6.18. The van der Waals surface area contributed by atoms with Crippen LogP contribution in [-0.2, 0) is 9.53 Å². The normalized spacial score (nSPS) is 36.7. The Morgan fingerprint density at radius 2 is 1.96 bits per heavy atom. The fraction of sp³-hybridized carbons (Fsp3) is 0.947. The maximum absolute atomic E-state index is 12.4. The minimum Gasteiger partial charge on any atom is -0.461 e. The van der Waals surface area contributed by atoms with E-state index in [1.807, 2.05) is 0 Å². The summed E-state index contributed by atoms with van der Waals surface area (Å²) in [5.74, 6) is 0.707. The number of esters is 1. The molecule has 3 aliphatic rings. The Morgan fingerprint density at radius 1 is 1.22 bits per heavy atom. The van der Waals surface area contributed by atoms with Crippen LogP contribution in [0.2, 0.25) is 0 Å². The second-order valence-electron chi connectivity index (χ2n) is 8.75. The third-order valence-electron chi connectivity index (χ3n) is 7.30. The molecule has 4 heteroatoms. The minimum absolute atomic E-state index is 0.0167. The molecular weight excluding hydrogens is 288 g/mol. The number of rotatable bonds is 6. The van der Waals surface area contributed by atoms with Gasteiger partial charge in [0.1, 0.15) is 6.10 Å². The Bertz CT molecular complexity index is 451. The van der Waals surface area contributed by atoms with E-state index in [4.69, 9.17) is 4.74 Å². The quantitative estimate of drug-likeness (QED) is 0.704. The summed E-state index contributed by atoms with van der Waals surface area (Å²) in [5, 5.41) is 0. The highest BCUT2D eigenvalue weighted by Crippen LogP contribution is 2.66. The predicted molar refractivity (Wildman–Crippen MR) is 92.0 cm³/mol. The van der Waals surface area contributed by atoms with Gasteiger partial charge in [-0.3, -0.25) is 14.6 Å². The van der Waals surface area contributed by atoms with Crippen LogP contribution in [0.3, 0.4) is 0 Å². The van der Waals surface area contributed by atoms with Gasteiger partial charge >= 0.3 is 5.97 Å². The molecular formula is C19H34N2O2. The molecule has 2 bridgehead atoms. The van der Waals surface area contributed by atoms with Crippen molar-refractivity contribution in [3.8, 4) is 0 Å². The van der Waals surface area contributed by atoms with Crippen molar-refractivity contribution < 1.29 is 9.53 Å². The van der Waals surface area contributed by atoms with Crippen LogP contribution in [0.25, 0.3) is 0 Å². The molecule has 0 aromatic rings. The van der Waals surface area contributed by atoms with Crippen molar-refractivity contribution in [1.29, 1.82) is 0 Å². The van der Waals surface area contributed by atoms with E-state index in [0.717, 1.165) is 38.6 Å². The highest BCUT2D eigenvalue weighted by molar-refractivity contribution is 5.72. The first-order valence-corrected chi connectivity index (χ1v) is 9.51. The van der Waals surface area contributed by atoms with E-state index in [1.54, 1.807) is 0 Å². The van der Waals surface area contributed by atoms with E-state index in [1.165, 1.54) is 25.7 Å². The van der Waals surface area contributed by atoms with E-state index in [-0.39, 0.29) is 17.5 Å². The van der Waals surface area contributed by atoms with Gasteiger partial charge in [-0.2, -0.15) is 0 Å². The molecule has 0 aromatic carbocycles. The monoisotopic (exact) mass is 322 g/mol. The average molecular weight is 322 g/mol. The van der Waals surface area contributed by atoms with Crippen LogP contribution in [0.4, 0.5) is 0 Å². The Balaban J connectivity index is 1.48. The summed E-state index contributed by atoms with van der Waals surface area (Å²) >= 11 is 0. The molecule has 132 valence electrons. The number of ether oxygens (including phenoxy) is 1. The largest absolute Gasteiger partial charge is 0.461 e. The lowest BCUT2D eigenvalue weighted by atomic mass is 9.70. The lowest BCUT2D eigenvalue weighted by Gasteiger charge is -2.38. The first kappa shape index (κ1) is 17.2. The molecule has 0 N–H and O–H groups in total. The van der Waals surface area contributed by atoms with Crippen LogP contribution < -0.4 is 0 Å². The first-order chi connectivity index (χ1) is 10.9. The Kier molecular flexibility index (Phi) is 4.76. The Hall–Kier alpha value is -0.610. The molecule has 3 fully saturated rings. The third-order valence-corrected chi connectivity index (χ3v) is 7.30. The number of carbonyl (C=O) groups excluding carboxylic acids is 1. The van der Waals surface area contributed by atoms with Crippen LogP contribution in [0.15, 0.2) is 0 Å². The fourth-order valence-electron chi connectivity index (χ4n) is 5.09. The molecule has 1 heterocycles. The van der Waals surface area contributed by atoms with Crippen LogP contribution in [0.1, 0.15) is 59.8 Å². The lowest BCUT2D eigenvalue weighted by molar-refractivity contribution is -0.158. The molecule has 23 heavy (non-hydrogen) atoms. The standard InChI is InChI=1S/C19H34N2O2/c1-5-6-9-20-10-11-21(14-20)13-17(22)23-16-12-15-7-8-19(16,4)18(15,2)3/h15-16H,5-14H2,1-4H3. The highest BCUT2D eigenvalue weighted by Gasteiger charge is 2.62. The fourth-order valence-corrected chi connectivity index (χ4v) is 5.09. The van der Waals surface area contributed by atoms with E-state index in [0.29, 0.717) is 12.0 Å². The van der Waals surface area contributed by atoms with Crippen LogP contribution in [0, 0.1) is 16.7 Å². The molecule has 2 saturated carbocycles. The van der Waals surface area contributed by atoms with Gasteiger partial charge in [0.2, 0.25) is 0 Å². The zero-order valence-corrected chi connectivity index (χ0v) is 15.4. The maximum Gasteiger partial charge on any atom is 0.320 e. The van der Waals surface area contributed by atoms with Crippen molar-refractivity contribution in [1.82, 2.24) is 9.80 Å². The van der Waals surface area contributed by atoms with Gasteiger partial charge in [-0.15, -0.1) is 0 Å². The van der Waals surface area contributed by atoms with Gasteiger partial charge in [-0.05, 0) is 43.6 Å². The topological polar surface area (TPSA) is 32.8 Å². The molecule has 2 aliphatic carbocycles. The molecule has 0 aromatic heterocycles. The van der Waals surface area contributed by atoms with Crippen molar-refractivity contribution in [3.63, 3.8) is 0 Å². The smallest absolute Gasteiger partial charge is 0.320 e. The van der Waals surface area contributed by atoms with Gasteiger partial charge in [0.25, 0.3) is 0 Å². The number of fused-ring (bicyclic) bond motifs is 2. The number of hydrogen-bond donors (Lipinski definition) is 0. The van der Waals surface area contributed by atoms with Gasteiger partial charge < -0.3 is 4.74 Å². The van der Waals surface area contributed by atoms with Crippen molar-refractivity contribution in [2.75, 3.05) is 32.8 Å². The summed E-state index contributed by atoms with van der Waals surface area (Å²) in [4.78, 5) is 17.1. The molecule has 1 saturated heterocycles. The van der Waals surface area contributed by atoms with Gasteiger partial charge in [-0.25, -0.2) is 0 Å². The number of carbonyl (C=O) groups is 1. The minimum atomic E-state index is -0.0167. The highest BCUT2D eigenvalue weighted by atomic mass is 16.5. The van der Waals surface area contributed by atoms with E-state index in [2.05, 4.69) is 37.5 Å². The number of hydrogen-bond acceptors (Lipinski definition) is 4. The van der Waals surface area contributed by atoms with Gasteiger partial charge in [0.15, 0.2) is 0 Å². The van der Waals surface area contributed by atoms with Crippen molar-refractivity contribution in [2.45, 2.75) is 65.9 Å². The summed E-state index contributed by atoms with van der Waals surface area (Å²) < 4.78 is 5.96. The molecule has 3 rings (SSSR count). The molecule has 1 aliphatic heterocycles. The molecule has 0 amide bonds. The van der Waals surface area contributed by atoms with Gasteiger partial charge in [0.05, 0.1) is 13.2 Å². The number of nitrogens with zero attached hydrogens (tertiary/aromatic N) is 2. The van der Waals surface area contributed by atoms with Crippen molar-refractivity contribution in [3.05, 3.63) is 0 Å². The number of unbranched alkanes of at least 4 members (excludes halogenated alkanes) is 1. The predicted octanol–water partition coefficient (Wildman–Crippen LogP) is 3.12. The van der Waals surface area contributed by atoms with E-state index >= 15 is 0 Å². The van der Waals surface area contributed by atoms with Crippen molar-refractivity contribution >= 4 is 5.97 Å². The zero-order chi connectivity index (χ0) is 16.7. The SMILES string of the molecule is CCCCN1CCN(CC(=O)OC2CC3CCC2(C)C3(C)C)C1. The molecule has 0 spiro atoms. The van der Waals surface area contributed by atoms with Crippen LogP contribution in [-0.4, -0.2) is 54.7 Å². The maximum atomic E-state index is 12.4. The summed E-state index contributed by atoms with van der Waals surface area (Å²) in [7, 11) is 0. The summed E-state index contributed by atoms with van der Waals surface area (Å²) in [6.45, 7) is 13.9. The average Bonchev–Trinajstić information content (AvgIpc) is 3.07.